The van der Waals surface area contributed by atoms with Gasteiger partial charge in [0, 0.05) is 6.54 Å². The van der Waals surface area contributed by atoms with Crippen LogP contribution in [0.25, 0.3) is 0 Å². The van der Waals surface area contributed by atoms with Crippen LogP contribution >= 0.6 is 0 Å². The second-order valence-corrected chi connectivity index (χ2v) is 2.95. The first kappa shape index (κ1) is 10.4. The molecule has 1 heteroatoms. The maximum Gasteiger partial charge on any atom is 0.0157 e. The van der Waals surface area contributed by atoms with Crippen molar-refractivity contribution in [1.82, 2.24) is 4.90 Å². The molecule has 11 heavy (non-hydrogen) atoms. The molecule has 0 aromatic carbocycles. The molecule has 64 valence electrons. The Morgan fingerprint density at radius 3 is 2.45 bits per heavy atom. The normalized spacial score (nSPS) is 11.2. The Morgan fingerprint density at radius 2 is 1.91 bits per heavy atom. The van der Waals surface area contributed by atoms with E-state index >= 15 is 0 Å². The van der Waals surface area contributed by atoms with Gasteiger partial charge in [0.05, 0.1) is 0 Å². The highest BCUT2D eigenvalue weighted by Gasteiger charge is 1.82. The summed E-state index contributed by atoms with van der Waals surface area (Å²) in [5.74, 6) is 0. The lowest BCUT2D eigenvalue weighted by molar-refractivity contribution is 0.456. The van der Waals surface area contributed by atoms with Gasteiger partial charge in [-0.25, -0.2) is 0 Å². The molecular formula is C10H19N. The summed E-state index contributed by atoms with van der Waals surface area (Å²) in [7, 11) is 4.15. The number of rotatable bonds is 6. The topological polar surface area (TPSA) is 3.24 Å². The van der Waals surface area contributed by atoms with Crippen LogP contribution in [0.1, 0.15) is 19.3 Å². The van der Waals surface area contributed by atoms with Crippen LogP contribution in [0.2, 0.25) is 0 Å². The molecule has 0 atom stereocenters. The number of hydrogen-bond acceptors (Lipinski definition) is 1. The average molecular weight is 153 g/mol. The molecule has 0 aliphatic carbocycles. The Morgan fingerprint density at radius 1 is 1.18 bits per heavy atom. The molecule has 0 amide bonds. The lowest BCUT2D eigenvalue weighted by atomic mass is 10.2. The summed E-state index contributed by atoms with van der Waals surface area (Å²) in [5, 5.41) is 0. The van der Waals surface area contributed by atoms with Crippen molar-refractivity contribution in [1.29, 1.82) is 0 Å². The molecule has 0 aliphatic heterocycles. The molecule has 1 nitrogen and oxygen atoms in total. The first-order valence-electron chi connectivity index (χ1n) is 4.18. The molecular weight excluding hydrogens is 134 g/mol. The lowest BCUT2D eigenvalue weighted by Crippen LogP contribution is -2.10. The molecule has 0 aliphatic rings. The van der Waals surface area contributed by atoms with Gasteiger partial charge in [-0.1, -0.05) is 18.2 Å². The Labute approximate surface area is 70.4 Å². The van der Waals surface area contributed by atoms with Crippen molar-refractivity contribution in [3.05, 3.63) is 24.8 Å². The highest BCUT2D eigenvalue weighted by Crippen LogP contribution is 1.96. The maximum absolute atomic E-state index is 3.67. The number of allylic oxidation sites excluding steroid dienone is 2. The molecule has 0 rings (SSSR count). The van der Waals surface area contributed by atoms with E-state index in [1.54, 1.807) is 0 Å². The van der Waals surface area contributed by atoms with E-state index in [-0.39, 0.29) is 0 Å². The highest BCUT2D eigenvalue weighted by atomic mass is 15.0. The molecule has 0 spiro atoms. The van der Waals surface area contributed by atoms with Crippen molar-refractivity contribution in [2.75, 3.05) is 20.6 Å². The van der Waals surface area contributed by atoms with Gasteiger partial charge in [-0.2, -0.15) is 0 Å². The van der Waals surface area contributed by atoms with Gasteiger partial charge in [0.1, 0.15) is 0 Å². The molecule has 0 aromatic rings. The van der Waals surface area contributed by atoms with Crippen molar-refractivity contribution < 1.29 is 0 Å². The third-order valence-electron chi connectivity index (χ3n) is 1.42. The van der Waals surface area contributed by atoms with Crippen molar-refractivity contribution in [3.8, 4) is 0 Å². The minimum absolute atomic E-state index is 1.05. The molecule has 0 bridgehead atoms. The van der Waals surface area contributed by atoms with E-state index in [1.807, 2.05) is 6.08 Å². The number of nitrogens with zero attached hydrogens (tertiary/aromatic N) is 1. The van der Waals surface area contributed by atoms with Gasteiger partial charge >= 0.3 is 0 Å². The predicted molar refractivity (Wildman–Crippen MR) is 51.7 cm³/mol. The van der Waals surface area contributed by atoms with Crippen molar-refractivity contribution in [2.45, 2.75) is 19.3 Å². The average Bonchev–Trinajstić information content (AvgIpc) is 1.96. The SMILES string of the molecule is C=CCCCC=CCN(C)C. The Bertz CT molecular complexity index is 114. The van der Waals surface area contributed by atoms with E-state index in [0.29, 0.717) is 0 Å². The van der Waals surface area contributed by atoms with Crippen LogP contribution < -0.4 is 0 Å². The number of likely N-dealkylation sites (N-methyl/N-ethyl adjacent to an activating group) is 1. The second-order valence-electron chi connectivity index (χ2n) is 2.95. The molecule has 0 saturated carbocycles. The summed E-state index contributed by atoms with van der Waals surface area (Å²) in [5.41, 5.74) is 0. The largest absolute Gasteiger partial charge is 0.306 e. The predicted octanol–water partition coefficient (Wildman–Crippen LogP) is 2.46. The first-order chi connectivity index (χ1) is 5.27. The fourth-order valence-corrected chi connectivity index (χ4v) is 0.783. The zero-order valence-electron chi connectivity index (χ0n) is 7.71. The summed E-state index contributed by atoms with van der Waals surface area (Å²) in [6.07, 6.45) is 9.96. The molecule has 0 N–H and O–H groups in total. The van der Waals surface area contributed by atoms with Crippen LogP contribution in [0.4, 0.5) is 0 Å². The molecule has 0 radical (unpaired) electrons. The van der Waals surface area contributed by atoms with Crippen LogP contribution in [-0.2, 0) is 0 Å². The molecule has 0 heterocycles. The molecule has 0 unspecified atom stereocenters. The number of hydrogen-bond donors (Lipinski definition) is 0. The zero-order valence-corrected chi connectivity index (χ0v) is 7.71. The quantitative estimate of drug-likeness (QED) is 0.418. The Kier molecular flexibility index (Phi) is 7.16. The van der Waals surface area contributed by atoms with Crippen molar-refractivity contribution >= 4 is 0 Å². The Hall–Kier alpha value is -0.560. The first-order valence-corrected chi connectivity index (χ1v) is 4.18. The van der Waals surface area contributed by atoms with Crippen LogP contribution in [0.15, 0.2) is 24.8 Å². The molecule has 0 saturated heterocycles. The summed E-state index contributed by atoms with van der Waals surface area (Å²) < 4.78 is 0. The summed E-state index contributed by atoms with van der Waals surface area (Å²) in [4.78, 5) is 2.16. The van der Waals surface area contributed by atoms with E-state index in [2.05, 4.69) is 37.7 Å². The summed E-state index contributed by atoms with van der Waals surface area (Å²) in [6.45, 7) is 4.72. The third-order valence-corrected chi connectivity index (χ3v) is 1.42. The van der Waals surface area contributed by atoms with E-state index in [9.17, 15) is 0 Å². The monoisotopic (exact) mass is 153 g/mol. The van der Waals surface area contributed by atoms with Crippen LogP contribution in [0.5, 0.6) is 0 Å². The second kappa shape index (κ2) is 7.55. The van der Waals surface area contributed by atoms with Gasteiger partial charge in [0.25, 0.3) is 0 Å². The highest BCUT2D eigenvalue weighted by molar-refractivity contribution is 4.84. The maximum atomic E-state index is 3.67. The third kappa shape index (κ3) is 9.44. The van der Waals surface area contributed by atoms with E-state index in [4.69, 9.17) is 0 Å². The smallest absolute Gasteiger partial charge is 0.0157 e. The van der Waals surface area contributed by atoms with Gasteiger partial charge in [-0.05, 0) is 33.4 Å². The number of unbranched alkanes of at least 4 members (excludes halogenated alkanes) is 2. The van der Waals surface area contributed by atoms with Gasteiger partial charge in [0.15, 0.2) is 0 Å². The fourth-order valence-electron chi connectivity index (χ4n) is 0.783. The fraction of sp³-hybridized carbons (Fsp3) is 0.600. The van der Waals surface area contributed by atoms with Gasteiger partial charge < -0.3 is 4.90 Å². The van der Waals surface area contributed by atoms with E-state index < -0.39 is 0 Å². The minimum Gasteiger partial charge on any atom is -0.306 e. The van der Waals surface area contributed by atoms with Gasteiger partial charge in [0.2, 0.25) is 0 Å². The lowest BCUT2D eigenvalue weighted by Gasteiger charge is -2.03. The molecule has 0 aromatic heterocycles. The van der Waals surface area contributed by atoms with Gasteiger partial charge in [-0.15, -0.1) is 6.58 Å². The van der Waals surface area contributed by atoms with Crippen molar-refractivity contribution in [2.24, 2.45) is 0 Å². The Balaban J connectivity index is 3.09. The van der Waals surface area contributed by atoms with Crippen LogP contribution in [0.3, 0.4) is 0 Å². The van der Waals surface area contributed by atoms with E-state index in [1.165, 1.54) is 12.8 Å². The van der Waals surface area contributed by atoms with Crippen molar-refractivity contribution in [3.63, 3.8) is 0 Å². The molecule has 0 fully saturated rings. The van der Waals surface area contributed by atoms with E-state index in [0.717, 1.165) is 13.0 Å². The minimum atomic E-state index is 1.05. The van der Waals surface area contributed by atoms with Crippen LogP contribution in [-0.4, -0.2) is 25.5 Å². The summed E-state index contributed by atoms with van der Waals surface area (Å²) in [6, 6.07) is 0. The zero-order chi connectivity index (χ0) is 8.53. The summed E-state index contributed by atoms with van der Waals surface area (Å²) >= 11 is 0. The standard InChI is InChI=1S/C10H19N/c1-4-5-6-7-8-9-10-11(2)3/h4,8-9H,1,5-7,10H2,2-3H3. The van der Waals surface area contributed by atoms with Crippen LogP contribution in [0, 0.1) is 0 Å². The van der Waals surface area contributed by atoms with Gasteiger partial charge in [-0.3, -0.25) is 0 Å².